The van der Waals surface area contributed by atoms with Gasteiger partial charge in [0.15, 0.2) is 0 Å². The van der Waals surface area contributed by atoms with Gasteiger partial charge < -0.3 is 20.5 Å². The van der Waals surface area contributed by atoms with E-state index < -0.39 is 18.1 Å². The second-order valence-electron chi connectivity index (χ2n) is 5.45. The van der Waals surface area contributed by atoms with E-state index in [1.54, 1.807) is 24.3 Å². The third-order valence-electron chi connectivity index (χ3n) is 3.85. The van der Waals surface area contributed by atoms with Crippen LogP contribution in [0.3, 0.4) is 0 Å². The van der Waals surface area contributed by atoms with Gasteiger partial charge in [0.05, 0.1) is 25.7 Å². The number of amides is 1. The summed E-state index contributed by atoms with van der Waals surface area (Å²) >= 11 is 5.88. The van der Waals surface area contributed by atoms with Gasteiger partial charge in [-0.1, -0.05) is 23.7 Å². The summed E-state index contributed by atoms with van der Waals surface area (Å²) in [6.45, 7) is 0.395. The number of methoxy groups -OCH3 is 1. The van der Waals surface area contributed by atoms with Crippen molar-refractivity contribution in [2.24, 2.45) is 5.73 Å². The number of ether oxygens (including phenoxy) is 2. The highest BCUT2D eigenvalue weighted by atomic mass is 35.5. The number of halogens is 1. The Labute approximate surface area is 140 Å². The van der Waals surface area contributed by atoms with Crippen molar-refractivity contribution in [2.45, 2.75) is 37.5 Å². The topological polar surface area (TPSA) is 90.7 Å². The molecule has 0 aliphatic carbocycles. The molecule has 2 rings (SSSR count). The van der Waals surface area contributed by atoms with Crippen molar-refractivity contribution in [3.05, 3.63) is 34.9 Å². The lowest BCUT2D eigenvalue weighted by Crippen LogP contribution is -2.38. The van der Waals surface area contributed by atoms with Gasteiger partial charge in [0.1, 0.15) is 6.10 Å². The molecule has 3 atom stereocenters. The van der Waals surface area contributed by atoms with E-state index in [2.05, 4.69) is 5.32 Å². The van der Waals surface area contributed by atoms with Crippen LogP contribution in [-0.4, -0.2) is 37.7 Å². The first-order chi connectivity index (χ1) is 11.0. The van der Waals surface area contributed by atoms with E-state index in [9.17, 15) is 9.59 Å². The van der Waals surface area contributed by atoms with Crippen LogP contribution in [-0.2, 0) is 19.1 Å². The lowest BCUT2D eigenvalue weighted by Gasteiger charge is -2.21. The molecule has 0 aromatic heterocycles. The standard InChI is InChI=1S/C16H21ClN2O4/c1-22-15(20)8-13(10-2-4-11(17)5-3-10)19-16(21)14-7-6-12(9-18)23-14/h2-5,12-14H,6-9,18H2,1H3,(H,19,21)/t12-,13+,14+/m1/s1. The number of hydrogen-bond donors (Lipinski definition) is 2. The molecule has 7 heteroatoms. The summed E-state index contributed by atoms with van der Waals surface area (Å²) in [7, 11) is 1.31. The minimum atomic E-state index is -0.531. The summed E-state index contributed by atoms with van der Waals surface area (Å²) < 4.78 is 10.3. The van der Waals surface area contributed by atoms with Crippen LogP contribution in [0.2, 0.25) is 5.02 Å². The van der Waals surface area contributed by atoms with Gasteiger partial charge in [0.25, 0.3) is 0 Å². The average molecular weight is 341 g/mol. The second kappa shape index (κ2) is 8.29. The monoisotopic (exact) mass is 340 g/mol. The SMILES string of the molecule is COC(=O)C[C@H](NC(=O)[C@@H]1CC[C@H](CN)O1)c1ccc(Cl)cc1. The first kappa shape index (κ1) is 17.7. The Kier molecular flexibility index (Phi) is 6.38. The summed E-state index contributed by atoms with van der Waals surface area (Å²) in [4.78, 5) is 24.0. The lowest BCUT2D eigenvalue weighted by molar-refractivity contribution is -0.141. The maximum atomic E-state index is 12.4. The average Bonchev–Trinajstić information content (AvgIpc) is 3.04. The van der Waals surface area contributed by atoms with E-state index in [0.717, 1.165) is 12.0 Å². The number of benzene rings is 1. The zero-order valence-electron chi connectivity index (χ0n) is 13.0. The molecule has 0 spiro atoms. The molecule has 3 N–H and O–H groups in total. The van der Waals surface area contributed by atoms with Crippen LogP contribution >= 0.6 is 11.6 Å². The first-order valence-corrected chi connectivity index (χ1v) is 7.89. The fourth-order valence-corrected chi connectivity index (χ4v) is 2.66. The molecule has 1 amide bonds. The predicted molar refractivity (Wildman–Crippen MR) is 85.9 cm³/mol. The molecular weight excluding hydrogens is 320 g/mol. The molecule has 1 fully saturated rings. The van der Waals surface area contributed by atoms with Crippen LogP contribution in [0.15, 0.2) is 24.3 Å². The Balaban J connectivity index is 2.06. The van der Waals surface area contributed by atoms with Gasteiger partial charge in [-0.05, 0) is 30.5 Å². The molecule has 1 saturated heterocycles. The zero-order valence-corrected chi connectivity index (χ0v) is 13.7. The molecule has 1 aliphatic heterocycles. The zero-order chi connectivity index (χ0) is 16.8. The molecule has 0 saturated carbocycles. The Morgan fingerprint density at radius 1 is 1.39 bits per heavy atom. The van der Waals surface area contributed by atoms with Crippen LogP contribution in [0.1, 0.15) is 30.9 Å². The van der Waals surface area contributed by atoms with Crippen molar-refractivity contribution in [1.82, 2.24) is 5.32 Å². The number of rotatable bonds is 6. The Morgan fingerprint density at radius 2 is 2.09 bits per heavy atom. The highest BCUT2D eigenvalue weighted by Crippen LogP contribution is 2.23. The Bertz CT molecular complexity index is 550. The van der Waals surface area contributed by atoms with Crippen molar-refractivity contribution < 1.29 is 19.1 Å². The summed E-state index contributed by atoms with van der Waals surface area (Å²) in [6, 6.07) is 6.48. The molecule has 6 nitrogen and oxygen atoms in total. The first-order valence-electron chi connectivity index (χ1n) is 7.51. The van der Waals surface area contributed by atoms with Crippen molar-refractivity contribution in [2.75, 3.05) is 13.7 Å². The fourth-order valence-electron chi connectivity index (χ4n) is 2.53. The summed E-state index contributed by atoms with van der Waals surface area (Å²) in [6.07, 6.45) is 0.809. The summed E-state index contributed by atoms with van der Waals surface area (Å²) in [5, 5.41) is 3.44. The lowest BCUT2D eigenvalue weighted by atomic mass is 10.0. The van der Waals surface area contributed by atoms with E-state index in [-0.39, 0.29) is 18.4 Å². The highest BCUT2D eigenvalue weighted by molar-refractivity contribution is 6.30. The molecule has 23 heavy (non-hydrogen) atoms. The molecule has 126 valence electrons. The molecular formula is C16H21ClN2O4. The molecule has 1 heterocycles. The van der Waals surface area contributed by atoms with E-state index in [0.29, 0.717) is 18.0 Å². The van der Waals surface area contributed by atoms with Gasteiger partial charge in [0, 0.05) is 11.6 Å². The third-order valence-corrected chi connectivity index (χ3v) is 4.10. The van der Waals surface area contributed by atoms with Crippen LogP contribution in [0.5, 0.6) is 0 Å². The molecule has 1 aromatic rings. The van der Waals surface area contributed by atoms with Gasteiger partial charge >= 0.3 is 5.97 Å². The van der Waals surface area contributed by atoms with E-state index >= 15 is 0 Å². The number of carbonyl (C=O) groups excluding carboxylic acids is 2. The van der Waals surface area contributed by atoms with Crippen LogP contribution in [0.4, 0.5) is 0 Å². The van der Waals surface area contributed by atoms with E-state index in [4.69, 9.17) is 26.8 Å². The van der Waals surface area contributed by atoms with Crippen molar-refractivity contribution in [1.29, 1.82) is 0 Å². The predicted octanol–water partition coefficient (Wildman–Crippen LogP) is 1.57. The maximum absolute atomic E-state index is 12.4. The summed E-state index contributed by atoms with van der Waals surface area (Å²) in [5.41, 5.74) is 6.34. The molecule has 0 bridgehead atoms. The largest absolute Gasteiger partial charge is 0.469 e. The van der Waals surface area contributed by atoms with Crippen molar-refractivity contribution in [3.63, 3.8) is 0 Å². The van der Waals surface area contributed by atoms with E-state index in [1.807, 2.05) is 0 Å². The smallest absolute Gasteiger partial charge is 0.307 e. The minimum Gasteiger partial charge on any atom is -0.469 e. The van der Waals surface area contributed by atoms with Crippen molar-refractivity contribution >= 4 is 23.5 Å². The minimum absolute atomic E-state index is 0.0386. The number of nitrogens with two attached hydrogens (primary N) is 1. The molecule has 1 aromatic carbocycles. The van der Waals surface area contributed by atoms with Gasteiger partial charge in [-0.15, -0.1) is 0 Å². The summed E-state index contributed by atoms with van der Waals surface area (Å²) in [5.74, 6) is -0.651. The fraction of sp³-hybridized carbons (Fsp3) is 0.500. The maximum Gasteiger partial charge on any atom is 0.307 e. The second-order valence-corrected chi connectivity index (χ2v) is 5.89. The number of hydrogen-bond acceptors (Lipinski definition) is 5. The van der Waals surface area contributed by atoms with Gasteiger partial charge in [-0.3, -0.25) is 9.59 Å². The molecule has 0 unspecified atom stereocenters. The quantitative estimate of drug-likeness (QED) is 0.767. The Hall–Kier alpha value is -1.63. The van der Waals surface area contributed by atoms with Gasteiger partial charge in [-0.2, -0.15) is 0 Å². The number of carbonyl (C=O) groups is 2. The molecule has 1 aliphatic rings. The Morgan fingerprint density at radius 3 is 2.65 bits per heavy atom. The number of esters is 1. The molecule has 0 radical (unpaired) electrons. The number of nitrogens with one attached hydrogen (secondary N) is 1. The normalized spacial score (nSPS) is 21.7. The third kappa shape index (κ3) is 4.92. The van der Waals surface area contributed by atoms with Crippen molar-refractivity contribution in [3.8, 4) is 0 Å². The van der Waals surface area contributed by atoms with Gasteiger partial charge in [-0.25, -0.2) is 0 Å². The van der Waals surface area contributed by atoms with Gasteiger partial charge in [0.2, 0.25) is 5.91 Å². The highest BCUT2D eigenvalue weighted by Gasteiger charge is 2.31. The van der Waals surface area contributed by atoms with Crippen LogP contribution in [0, 0.1) is 0 Å². The van der Waals surface area contributed by atoms with Crippen LogP contribution in [0.25, 0.3) is 0 Å². The van der Waals surface area contributed by atoms with Crippen LogP contribution < -0.4 is 11.1 Å². The van der Waals surface area contributed by atoms with E-state index in [1.165, 1.54) is 7.11 Å².